The number of hydrogen-bond acceptors (Lipinski definition) is 3. The lowest BCUT2D eigenvalue weighted by Crippen LogP contribution is -2.36. The van der Waals surface area contributed by atoms with E-state index >= 15 is 0 Å². The molecule has 0 amide bonds. The molecule has 2 N–H and O–H groups in total. The van der Waals surface area contributed by atoms with E-state index in [9.17, 15) is 0 Å². The molecule has 5 nitrogen and oxygen atoms in total. The smallest absolute Gasteiger partial charge is 0.220 e. The third-order valence-corrected chi connectivity index (χ3v) is 3.86. The third kappa shape index (κ3) is 5.35. The number of benzene rings is 1. The summed E-state index contributed by atoms with van der Waals surface area (Å²) in [5, 5.41) is 0. The van der Waals surface area contributed by atoms with Gasteiger partial charge < -0.3 is 15.4 Å². The van der Waals surface area contributed by atoms with Crippen LogP contribution in [0.25, 0.3) is 0 Å². The second-order valence-corrected chi connectivity index (χ2v) is 5.66. The molecule has 0 aliphatic carbocycles. The number of nitrogens with two attached hydrogens (primary N) is 1. The zero-order valence-electron chi connectivity index (χ0n) is 14.7. The summed E-state index contributed by atoms with van der Waals surface area (Å²) < 4.78 is 5.37. The molecule has 0 unspecified atom stereocenters. The lowest BCUT2D eigenvalue weighted by Gasteiger charge is -2.28. The van der Waals surface area contributed by atoms with E-state index in [1.165, 1.54) is 5.69 Å². The first-order valence-corrected chi connectivity index (χ1v) is 8.22. The van der Waals surface area contributed by atoms with Gasteiger partial charge in [-0.2, -0.15) is 0 Å². The molecule has 0 spiro atoms. The molecule has 128 valence electrons. The van der Waals surface area contributed by atoms with Crippen molar-refractivity contribution in [2.24, 2.45) is 15.7 Å². The van der Waals surface area contributed by atoms with Gasteiger partial charge in [-0.05, 0) is 50.6 Å². The SMILES string of the molecule is C/C=C/C=C(C)/C(C)=N/C(N)=Nc1ccc(N2CCOCC2)cc1. The standard InChI is InChI=1S/C19H26N4O/c1-4-5-6-15(2)16(3)21-19(20)22-17-7-9-18(10-8-17)23-11-13-24-14-12-23/h4-10H,11-14H2,1-3H3,(H2,20,22)/b5-4+,15-6+,21-16+. The van der Waals surface area contributed by atoms with Gasteiger partial charge in [0.25, 0.3) is 0 Å². The van der Waals surface area contributed by atoms with Gasteiger partial charge in [0.05, 0.1) is 18.9 Å². The van der Waals surface area contributed by atoms with Crippen LogP contribution in [0.15, 0.2) is 58.1 Å². The maximum Gasteiger partial charge on any atom is 0.220 e. The predicted octanol–water partition coefficient (Wildman–Crippen LogP) is 3.45. The van der Waals surface area contributed by atoms with Gasteiger partial charge in [0.15, 0.2) is 0 Å². The molecule has 1 aliphatic rings. The molecular formula is C19H26N4O. The molecule has 5 heteroatoms. The minimum Gasteiger partial charge on any atom is -0.378 e. The lowest BCUT2D eigenvalue weighted by molar-refractivity contribution is 0.122. The van der Waals surface area contributed by atoms with Crippen LogP contribution < -0.4 is 10.6 Å². The first kappa shape index (κ1) is 17.9. The molecule has 2 rings (SSSR count). The highest BCUT2D eigenvalue weighted by Crippen LogP contribution is 2.20. The Morgan fingerprint density at radius 1 is 1.17 bits per heavy atom. The second-order valence-electron chi connectivity index (χ2n) is 5.66. The zero-order valence-corrected chi connectivity index (χ0v) is 14.7. The summed E-state index contributed by atoms with van der Waals surface area (Å²) in [5.74, 6) is 0.264. The summed E-state index contributed by atoms with van der Waals surface area (Å²) in [7, 11) is 0. The number of nitrogens with zero attached hydrogens (tertiary/aromatic N) is 3. The molecule has 1 aliphatic heterocycles. The highest BCUT2D eigenvalue weighted by atomic mass is 16.5. The monoisotopic (exact) mass is 326 g/mol. The average molecular weight is 326 g/mol. The van der Waals surface area contributed by atoms with Crippen LogP contribution >= 0.6 is 0 Å². The van der Waals surface area contributed by atoms with Crippen molar-refractivity contribution >= 4 is 23.0 Å². The van der Waals surface area contributed by atoms with Crippen molar-refractivity contribution in [3.05, 3.63) is 48.1 Å². The molecule has 0 saturated carbocycles. The van der Waals surface area contributed by atoms with Crippen LogP contribution in [-0.4, -0.2) is 38.0 Å². The van der Waals surface area contributed by atoms with E-state index < -0.39 is 0 Å². The molecule has 24 heavy (non-hydrogen) atoms. The van der Waals surface area contributed by atoms with Crippen LogP contribution in [0.4, 0.5) is 11.4 Å². The van der Waals surface area contributed by atoms with Crippen LogP contribution in [0.1, 0.15) is 20.8 Å². The van der Waals surface area contributed by atoms with Crippen molar-refractivity contribution in [2.75, 3.05) is 31.2 Å². The maximum atomic E-state index is 5.94. The summed E-state index contributed by atoms with van der Waals surface area (Å²) in [6.45, 7) is 9.31. The predicted molar refractivity (Wildman–Crippen MR) is 102 cm³/mol. The van der Waals surface area contributed by atoms with Crippen molar-refractivity contribution in [3.63, 3.8) is 0 Å². The van der Waals surface area contributed by atoms with Gasteiger partial charge >= 0.3 is 0 Å². The van der Waals surface area contributed by atoms with Gasteiger partial charge in [0.2, 0.25) is 5.96 Å². The molecule has 0 radical (unpaired) electrons. The normalized spacial score (nSPS) is 17.6. The van der Waals surface area contributed by atoms with E-state index in [1.807, 2.05) is 51.1 Å². The van der Waals surface area contributed by atoms with Crippen molar-refractivity contribution in [3.8, 4) is 0 Å². The largest absolute Gasteiger partial charge is 0.378 e. The number of morpholine rings is 1. The van der Waals surface area contributed by atoms with E-state index in [2.05, 4.69) is 27.0 Å². The minimum absolute atomic E-state index is 0.264. The minimum atomic E-state index is 0.264. The van der Waals surface area contributed by atoms with E-state index in [0.717, 1.165) is 43.3 Å². The summed E-state index contributed by atoms with van der Waals surface area (Å²) in [5.41, 5.74) is 9.85. The Hall–Kier alpha value is -2.40. The van der Waals surface area contributed by atoms with E-state index in [-0.39, 0.29) is 5.96 Å². The zero-order chi connectivity index (χ0) is 17.4. The third-order valence-electron chi connectivity index (χ3n) is 3.86. The summed E-state index contributed by atoms with van der Waals surface area (Å²) in [6, 6.07) is 8.05. The van der Waals surface area contributed by atoms with Gasteiger partial charge in [-0.1, -0.05) is 18.2 Å². The summed E-state index contributed by atoms with van der Waals surface area (Å²) in [6.07, 6.45) is 5.96. The van der Waals surface area contributed by atoms with Gasteiger partial charge in [-0.15, -0.1) is 0 Å². The Morgan fingerprint density at radius 2 is 1.83 bits per heavy atom. The average Bonchev–Trinajstić information content (AvgIpc) is 2.61. The second kappa shape index (κ2) is 9.03. The molecule has 1 aromatic carbocycles. The van der Waals surface area contributed by atoms with E-state index in [1.54, 1.807) is 0 Å². The van der Waals surface area contributed by atoms with Crippen molar-refractivity contribution in [1.29, 1.82) is 0 Å². The first-order chi connectivity index (χ1) is 11.6. The Bertz CT molecular complexity index is 650. The lowest BCUT2D eigenvalue weighted by atomic mass is 10.2. The van der Waals surface area contributed by atoms with Gasteiger partial charge in [-0.25, -0.2) is 9.98 Å². The summed E-state index contributed by atoms with van der Waals surface area (Å²) in [4.78, 5) is 11.0. The van der Waals surface area contributed by atoms with Crippen LogP contribution in [0, 0.1) is 0 Å². The fourth-order valence-electron chi connectivity index (χ4n) is 2.34. The topological polar surface area (TPSA) is 63.2 Å². The molecule has 1 heterocycles. The fraction of sp³-hybridized carbons (Fsp3) is 0.368. The molecule has 1 aromatic rings. The van der Waals surface area contributed by atoms with Crippen LogP contribution in [0.5, 0.6) is 0 Å². The number of anilines is 1. The number of allylic oxidation sites excluding steroid dienone is 4. The van der Waals surface area contributed by atoms with Crippen molar-refractivity contribution < 1.29 is 4.74 Å². The molecule has 0 aromatic heterocycles. The summed E-state index contributed by atoms with van der Waals surface area (Å²) >= 11 is 0. The fourth-order valence-corrected chi connectivity index (χ4v) is 2.34. The molecular weight excluding hydrogens is 300 g/mol. The van der Waals surface area contributed by atoms with Crippen LogP contribution in [0.2, 0.25) is 0 Å². The number of aliphatic imine (C=N–C) groups is 2. The molecule has 0 atom stereocenters. The van der Waals surface area contributed by atoms with Crippen molar-refractivity contribution in [2.45, 2.75) is 20.8 Å². The van der Waals surface area contributed by atoms with E-state index in [0.29, 0.717) is 0 Å². The first-order valence-electron chi connectivity index (χ1n) is 8.22. The molecule has 0 bridgehead atoms. The number of guanidine groups is 1. The van der Waals surface area contributed by atoms with Crippen LogP contribution in [-0.2, 0) is 4.74 Å². The number of rotatable bonds is 4. The number of hydrogen-bond donors (Lipinski definition) is 1. The Labute approximate surface area is 144 Å². The highest BCUT2D eigenvalue weighted by molar-refractivity contribution is 6.05. The Balaban J connectivity index is 2.06. The Kier molecular flexibility index (Phi) is 6.75. The highest BCUT2D eigenvalue weighted by Gasteiger charge is 2.10. The van der Waals surface area contributed by atoms with Crippen molar-refractivity contribution in [1.82, 2.24) is 0 Å². The van der Waals surface area contributed by atoms with Crippen LogP contribution in [0.3, 0.4) is 0 Å². The van der Waals surface area contributed by atoms with Gasteiger partial charge in [0, 0.05) is 24.5 Å². The molecule has 1 fully saturated rings. The van der Waals surface area contributed by atoms with E-state index in [4.69, 9.17) is 10.5 Å². The maximum absolute atomic E-state index is 5.94. The number of ether oxygens (including phenoxy) is 1. The molecule has 1 saturated heterocycles. The Morgan fingerprint density at radius 3 is 2.46 bits per heavy atom. The quantitative estimate of drug-likeness (QED) is 0.523. The van der Waals surface area contributed by atoms with Gasteiger partial charge in [-0.3, -0.25) is 0 Å². The van der Waals surface area contributed by atoms with Gasteiger partial charge in [0.1, 0.15) is 0 Å².